The molecule has 5 nitrogen and oxygen atoms in total. The molecule has 1 aromatic rings. The molecule has 1 aliphatic rings. The molecule has 0 aromatic heterocycles. The molecule has 1 aromatic carbocycles. The van der Waals surface area contributed by atoms with Crippen LogP contribution in [0.25, 0.3) is 0 Å². The van der Waals surface area contributed by atoms with Gasteiger partial charge in [-0.1, -0.05) is 42.2 Å². The summed E-state index contributed by atoms with van der Waals surface area (Å²) in [6.45, 7) is -0.363. The van der Waals surface area contributed by atoms with Crippen molar-refractivity contribution in [3.8, 4) is 5.75 Å². The first-order valence-electron chi connectivity index (χ1n) is 5.71. The summed E-state index contributed by atoms with van der Waals surface area (Å²) in [5.41, 5.74) is 0.992. The van der Waals surface area contributed by atoms with Gasteiger partial charge < -0.3 is 15.2 Å². The summed E-state index contributed by atoms with van der Waals surface area (Å²) in [7, 11) is 0. The zero-order valence-corrected chi connectivity index (χ0v) is 11.9. The number of carbonyl (C=O) groups is 2. The number of carboxylic acids is 1. The largest absolute Gasteiger partial charge is 0.482 e. The van der Waals surface area contributed by atoms with Gasteiger partial charge in [0, 0.05) is 0 Å². The van der Waals surface area contributed by atoms with Crippen LogP contribution in [0.5, 0.6) is 5.75 Å². The molecule has 104 valence electrons. The molecule has 0 bridgehead atoms. The molecule has 1 saturated heterocycles. The fraction of sp³-hybridized carbons (Fsp3) is 0.154. The Kier molecular flexibility index (Phi) is 4.75. The zero-order chi connectivity index (χ0) is 14.5. The minimum atomic E-state index is -1.01. The molecule has 0 saturated carbocycles. The Hall–Kier alpha value is -1.86. The molecule has 2 rings (SSSR count). The van der Waals surface area contributed by atoms with Crippen LogP contribution in [0.2, 0.25) is 0 Å². The van der Waals surface area contributed by atoms with Gasteiger partial charge in [0.05, 0.1) is 4.91 Å². The second-order valence-electron chi connectivity index (χ2n) is 3.94. The van der Waals surface area contributed by atoms with Crippen molar-refractivity contribution >= 4 is 40.2 Å². The van der Waals surface area contributed by atoms with E-state index in [1.165, 1.54) is 11.8 Å². The number of thioether (sulfide) groups is 1. The summed E-state index contributed by atoms with van der Waals surface area (Å²) in [4.78, 5) is 22.4. The molecule has 0 spiro atoms. The van der Waals surface area contributed by atoms with Gasteiger partial charge in [-0.15, -0.1) is 0 Å². The third-order valence-corrected chi connectivity index (χ3v) is 3.66. The lowest BCUT2D eigenvalue weighted by atomic mass is 10.1. The number of ether oxygens (including phenoxy) is 1. The summed E-state index contributed by atoms with van der Waals surface area (Å²) < 4.78 is 5.50. The van der Waals surface area contributed by atoms with Crippen molar-refractivity contribution in [1.82, 2.24) is 5.32 Å². The van der Waals surface area contributed by atoms with Crippen LogP contribution in [-0.4, -0.2) is 27.9 Å². The Morgan fingerprint density at radius 3 is 2.65 bits per heavy atom. The average Bonchev–Trinajstić information content (AvgIpc) is 2.73. The highest BCUT2D eigenvalue weighted by Gasteiger charge is 2.21. The molecule has 1 fully saturated rings. The zero-order valence-electron chi connectivity index (χ0n) is 10.3. The maximum Gasteiger partial charge on any atom is 0.341 e. The summed E-state index contributed by atoms with van der Waals surface area (Å²) in [5.74, 6) is -0.682. The van der Waals surface area contributed by atoms with E-state index in [2.05, 4.69) is 5.32 Å². The van der Waals surface area contributed by atoms with Crippen LogP contribution in [0.15, 0.2) is 35.2 Å². The van der Waals surface area contributed by atoms with Crippen molar-refractivity contribution in [2.24, 2.45) is 0 Å². The topological polar surface area (TPSA) is 75.6 Å². The fourth-order valence-electron chi connectivity index (χ4n) is 1.54. The molecule has 0 unspecified atom stereocenters. The van der Waals surface area contributed by atoms with Crippen molar-refractivity contribution in [2.45, 2.75) is 6.42 Å². The van der Waals surface area contributed by atoms with Gasteiger partial charge in [-0.25, -0.2) is 4.79 Å². The molecule has 0 radical (unpaired) electrons. The van der Waals surface area contributed by atoms with Crippen molar-refractivity contribution in [3.05, 3.63) is 40.8 Å². The van der Waals surface area contributed by atoms with Crippen LogP contribution in [0, 0.1) is 0 Å². The van der Waals surface area contributed by atoms with Gasteiger partial charge in [-0.3, -0.25) is 4.79 Å². The van der Waals surface area contributed by atoms with Crippen molar-refractivity contribution in [3.63, 3.8) is 0 Å². The highest BCUT2D eigenvalue weighted by atomic mass is 32.2. The lowest BCUT2D eigenvalue weighted by Gasteiger charge is -2.03. The molecular weight excluding hydrogens is 298 g/mol. The van der Waals surface area contributed by atoms with E-state index in [1.54, 1.807) is 12.1 Å². The monoisotopic (exact) mass is 309 g/mol. The Labute approximate surface area is 125 Å². The molecule has 0 atom stereocenters. The van der Waals surface area contributed by atoms with Crippen molar-refractivity contribution in [1.29, 1.82) is 0 Å². The lowest BCUT2D eigenvalue weighted by Crippen LogP contribution is -2.17. The van der Waals surface area contributed by atoms with Crippen LogP contribution < -0.4 is 10.1 Å². The SMILES string of the molecule is O=C(O)COc1ccc(C/C=C2\SC(=S)NC2=O)cc1. The number of rotatable bonds is 5. The normalized spacial score (nSPS) is 16.3. The summed E-state index contributed by atoms with van der Waals surface area (Å²) in [5, 5.41) is 11.0. The average molecular weight is 309 g/mol. The molecule has 7 heteroatoms. The highest BCUT2D eigenvalue weighted by molar-refractivity contribution is 8.26. The van der Waals surface area contributed by atoms with Gasteiger partial charge in [0.1, 0.15) is 10.1 Å². The predicted molar refractivity (Wildman–Crippen MR) is 79.7 cm³/mol. The maximum atomic E-state index is 11.4. The van der Waals surface area contributed by atoms with E-state index in [4.69, 9.17) is 22.1 Å². The number of hydrogen-bond donors (Lipinski definition) is 2. The summed E-state index contributed by atoms with van der Waals surface area (Å²) in [6, 6.07) is 7.04. The van der Waals surface area contributed by atoms with E-state index in [0.29, 0.717) is 21.4 Å². The van der Waals surface area contributed by atoms with E-state index in [1.807, 2.05) is 18.2 Å². The first kappa shape index (κ1) is 14.5. The van der Waals surface area contributed by atoms with E-state index in [0.717, 1.165) is 5.56 Å². The van der Waals surface area contributed by atoms with Gasteiger partial charge in [-0.05, 0) is 24.1 Å². The third-order valence-electron chi connectivity index (χ3n) is 2.45. The van der Waals surface area contributed by atoms with Crippen LogP contribution in [0.3, 0.4) is 0 Å². The number of thiocarbonyl (C=S) groups is 1. The Morgan fingerprint density at radius 2 is 2.10 bits per heavy atom. The summed E-state index contributed by atoms with van der Waals surface area (Å²) >= 11 is 6.15. The first-order chi connectivity index (χ1) is 9.54. The van der Waals surface area contributed by atoms with E-state index in [-0.39, 0.29) is 12.5 Å². The van der Waals surface area contributed by atoms with Gasteiger partial charge >= 0.3 is 5.97 Å². The molecule has 1 amide bonds. The van der Waals surface area contributed by atoms with Crippen LogP contribution in [-0.2, 0) is 16.0 Å². The second kappa shape index (κ2) is 6.53. The number of aliphatic carboxylic acids is 1. The summed E-state index contributed by atoms with van der Waals surface area (Å²) in [6.07, 6.45) is 2.41. The highest BCUT2D eigenvalue weighted by Crippen LogP contribution is 2.24. The van der Waals surface area contributed by atoms with E-state index >= 15 is 0 Å². The van der Waals surface area contributed by atoms with Gasteiger partial charge in [-0.2, -0.15) is 0 Å². The molecule has 1 heterocycles. The minimum absolute atomic E-state index is 0.165. The number of benzene rings is 1. The van der Waals surface area contributed by atoms with Crippen molar-refractivity contribution in [2.75, 3.05) is 6.61 Å². The first-order valence-corrected chi connectivity index (χ1v) is 6.94. The minimum Gasteiger partial charge on any atom is -0.482 e. The quantitative estimate of drug-likeness (QED) is 0.637. The van der Waals surface area contributed by atoms with Crippen LogP contribution >= 0.6 is 24.0 Å². The van der Waals surface area contributed by atoms with E-state index < -0.39 is 5.97 Å². The Morgan fingerprint density at radius 1 is 1.40 bits per heavy atom. The van der Waals surface area contributed by atoms with Crippen LogP contribution in [0.1, 0.15) is 5.56 Å². The molecule has 0 aliphatic carbocycles. The van der Waals surface area contributed by atoms with Gasteiger partial charge in [0.2, 0.25) is 0 Å². The Bertz CT molecular complexity index is 581. The molecule has 1 aliphatic heterocycles. The standard InChI is InChI=1S/C13H11NO4S2/c15-11(16)7-18-9-4-1-8(2-5-9)3-6-10-12(17)14-13(19)20-10/h1-2,4-6H,3,7H2,(H,15,16)(H,14,17,19)/b10-6-. The molecular formula is C13H11NO4S2. The van der Waals surface area contributed by atoms with Gasteiger partial charge in [0.15, 0.2) is 6.61 Å². The van der Waals surface area contributed by atoms with Crippen molar-refractivity contribution < 1.29 is 19.4 Å². The number of amides is 1. The Balaban J connectivity index is 1.94. The second-order valence-corrected chi connectivity index (χ2v) is 5.66. The van der Waals surface area contributed by atoms with Crippen LogP contribution in [0.4, 0.5) is 0 Å². The number of carbonyl (C=O) groups excluding carboxylic acids is 1. The lowest BCUT2D eigenvalue weighted by molar-refractivity contribution is -0.139. The third kappa shape index (κ3) is 4.07. The molecule has 20 heavy (non-hydrogen) atoms. The number of carboxylic acid groups (broad SMARTS) is 1. The number of hydrogen-bond acceptors (Lipinski definition) is 5. The number of allylic oxidation sites excluding steroid dienone is 1. The van der Waals surface area contributed by atoms with Gasteiger partial charge in [0.25, 0.3) is 5.91 Å². The van der Waals surface area contributed by atoms with E-state index in [9.17, 15) is 9.59 Å². The maximum absolute atomic E-state index is 11.4. The fourth-order valence-corrected chi connectivity index (χ4v) is 2.55. The molecule has 2 N–H and O–H groups in total. The predicted octanol–water partition coefficient (Wildman–Crippen LogP) is 1.72. The number of nitrogens with one attached hydrogen (secondary N) is 1. The smallest absolute Gasteiger partial charge is 0.341 e.